The summed E-state index contributed by atoms with van der Waals surface area (Å²) in [6.45, 7) is 0.306. The van der Waals surface area contributed by atoms with Gasteiger partial charge < -0.3 is 9.47 Å². The molecule has 140 valence electrons. The standard InChI is InChI=1S/C22H22ClNO3/c1-26-21-10-7-16(13-20(21)23)17-11-18-8-9-19(12-17)24(18)22(25)27-14-15-5-3-2-4-6-15/h2-7,10-11,13,18-19H,8-9,12,14H2,1H3. The number of methoxy groups -OCH3 is 1. The van der Waals surface area contributed by atoms with Crippen LogP contribution in [-0.2, 0) is 11.3 Å². The molecule has 0 aromatic heterocycles. The highest BCUT2D eigenvalue weighted by atomic mass is 35.5. The van der Waals surface area contributed by atoms with E-state index in [4.69, 9.17) is 21.1 Å². The van der Waals surface area contributed by atoms with Crippen LogP contribution in [0.2, 0.25) is 5.02 Å². The quantitative estimate of drug-likeness (QED) is 0.718. The van der Waals surface area contributed by atoms with E-state index < -0.39 is 0 Å². The summed E-state index contributed by atoms with van der Waals surface area (Å²) in [5.41, 5.74) is 3.33. The summed E-state index contributed by atoms with van der Waals surface area (Å²) in [4.78, 5) is 14.6. The van der Waals surface area contributed by atoms with Crippen molar-refractivity contribution in [1.82, 2.24) is 4.90 Å². The van der Waals surface area contributed by atoms with Crippen molar-refractivity contribution in [3.63, 3.8) is 0 Å². The third-order valence-electron chi connectivity index (χ3n) is 5.33. The van der Waals surface area contributed by atoms with Gasteiger partial charge in [-0.05, 0) is 48.1 Å². The minimum Gasteiger partial charge on any atom is -0.495 e. The number of hydrogen-bond donors (Lipinski definition) is 0. The molecule has 0 N–H and O–H groups in total. The molecule has 2 heterocycles. The topological polar surface area (TPSA) is 38.8 Å². The zero-order valence-electron chi connectivity index (χ0n) is 15.2. The Labute approximate surface area is 164 Å². The Kier molecular flexibility index (Phi) is 5.08. The number of rotatable bonds is 4. The van der Waals surface area contributed by atoms with Gasteiger partial charge in [-0.25, -0.2) is 4.79 Å². The molecule has 2 bridgehead atoms. The van der Waals surface area contributed by atoms with Gasteiger partial charge >= 0.3 is 6.09 Å². The van der Waals surface area contributed by atoms with E-state index in [1.54, 1.807) is 7.11 Å². The monoisotopic (exact) mass is 383 g/mol. The van der Waals surface area contributed by atoms with Gasteiger partial charge in [0.05, 0.1) is 18.2 Å². The number of carbonyl (C=O) groups excluding carboxylic acids is 1. The Hall–Kier alpha value is -2.46. The van der Waals surface area contributed by atoms with Crippen molar-refractivity contribution >= 4 is 23.3 Å². The van der Waals surface area contributed by atoms with E-state index in [-0.39, 0.29) is 18.2 Å². The van der Waals surface area contributed by atoms with Crippen LogP contribution >= 0.6 is 11.6 Å². The van der Waals surface area contributed by atoms with E-state index in [0.29, 0.717) is 17.4 Å². The maximum atomic E-state index is 12.6. The highest BCUT2D eigenvalue weighted by molar-refractivity contribution is 6.32. The van der Waals surface area contributed by atoms with Crippen molar-refractivity contribution in [3.8, 4) is 5.75 Å². The average Bonchev–Trinajstić information content (AvgIpc) is 2.96. The molecule has 4 rings (SSSR count). The molecule has 5 heteroatoms. The van der Waals surface area contributed by atoms with Gasteiger partial charge in [0.2, 0.25) is 0 Å². The van der Waals surface area contributed by atoms with Crippen molar-refractivity contribution in [2.45, 2.75) is 38.0 Å². The predicted molar refractivity (Wildman–Crippen MR) is 106 cm³/mol. The lowest BCUT2D eigenvalue weighted by atomic mass is 9.95. The molecule has 1 saturated heterocycles. The molecule has 0 spiro atoms. The van der Waals surface area contributed by atoms with Crippen molar-refractivity contribution < 1.29 is 14.3 Å². The summed E-state index contributed by atoms with van der Waals surface area (Å²) >= 11 is 6.28. The van der Waals surface area contributed by atoms with Crippen molar-refractivity contribution in [1.29, 1.82) is 0 Å². The van der Waals surface area contributed by atoms with E-state index >= 15 is 0 Å². The van der Waals surface area contributed by atoms with Gasteiger partial charge in [-0.3, -0.25) is 4.90 Å². The molecule has 2 aliphatic rings. The Morgan fingerprint density at radius 1 is 1.19 bits per heavy atom. The summed E-state index contributed by atoms with van der Waals surface area (Å²) in [6.07, 6.45) is 4.74. The second kappa shape index (κ2) is 7.65. The fourth-order valence-electron chi connectivity index (χ4n) is 3.99. The Morgan fingerprint density at radius 3 is 2.70 bits per heavy atom. The third-order valence-corrected chi connectivity index (χ3v) is 5.63. The zero-order valence-corrected chi connectivity index (χ0v) is 16.0. The fourth-order valence-corrected chi connectivity index (χ4v) is 4.25. The summed E-state index contributed by atoms with van der Waals surface area (Å²) in [5, 5.41) is 0.605. The number of benzene rings is 2. The van der Waals surface area contributed by atoms with Crippen LogP contribution in [0.5, 0.6) is 5.75 Å². The lowest BCUT2D eigenvalue weighted by Gasteiger charge is -2.33. The smallest absolute Gasteiger partial charge is 0.410 e. The maximum absolute atomic E-state index is 12.6. The first-order valence-electron chi connectivity index (χ1n) is 9.19. The fraction of sp³-hybridized carbons (Fsp3) is 0.318. The maximum Gasteiger partial charge on any atom is 0.410 e. The molecule has 0 aliphatic carbocycles. The van der Waals surface area contributed by atoms with Crippen LogP contribution in [0.15, 0.2) is 54.6 Å². The van der Waals surface area contributed by atoms with Crippen LogP contribution in [0.1, 0.15) is 30.4 Å². The largest absolute Gasteiger partial charge is 0.495 e. The van der Waals surface area contributed by atoms with E-state index in [2.05, 4.69) is 6.08 Å². The summed E-state index contributed by atoms with van der Waals surface area (Å²) in [6, 6.07) is 15.9. The Balaban J connectivity index is 1.47. The van der Waals surface area contributed by atoms with Gasteiger partial charge in [0, 0.05) is 6.04 Å². The lowest BCUT2D eigenvalue weighted by Crippen LogP contribution is -2.43. The van der Waals surface area contributed by atoms with Gasteiger partial charge in [0.15, 0.2) is 0 Å². The number of carbonyl (C=O) groups is 1. The van der Waals surface area contributed by atoms with Crippen molar-refractivity contribution in [2.24, 2.45) is 0 Å². The predicted octanol–water partition coefficient (Wildman–Crippen LogP) is 5.31. The lowest BCUT2D eigenvalue weighted by molar-refractivity contribution is 0.0832. The highest BCUT2D eigenvalue weighted by Crippen LogP contribution is 2.40. The van der Waals surface area contributed by atoms with Gasteiger partial charge in [-0.1, -0.05) is 54.1 Å². The number of hydrogen-bond acceptors (Lipinski definition) is 3. The third kappa shape index (κ3) is 3.67. The van der Waals surface area contributed by atoms with Gasteiger partial charge in [0.1, 0.15) is 12.4 Å². The number of amides is 1. The second-order valence-electron chi connectivity index (χ2n) is 6.99. The summed E-state index contributed by atoms with van der Waals surface area (Å²) in [5.74, 6) is 0.672. The minimum atomic E-state index is -0.227. The molecule has 2 aliphatic heterocycles. The van der Waals surface area contributed by atoms with Crippen molar-refractivity contribution in [3.05, 3.63) is 70.8 Å². The molecule has 2 unspecified atom stereocenters. The number of halogens is 1. The molecular formula is C22H22ClNO3. The Bertz CT molecular complexity index is 865. The molecule has 2 aromatic rings. The highest BCUT2D eigenvalue weighted by Gasteiger charge is 2.40. The van der Waals surface area contributed by atoms with E-state index in [0.717, 1.165) is 30.4 Å². The number of nitrogens with zero attached hydrogens (tertiary/aromatic N) is 1. The van der Waals surface area contributed by atoms with Crippen LogP contribution in [0, 0.1) is 0 Å². The van der Waals surface area contributed by atoms with Gasteiger partial charge in [-0.2, -0.15) is 0 Å². The molecule has 27 heavy (non-hydrogen) atoms. The second-order valence-corrected chi connectivity index (χ2v) is 7.40. The molecule has 0 saturated carbocycles. The average molecular weight is 384 g/mol. The molecule has 1 fully saturated rings. The number of ether oxygens (including phenoxy) is 2. The zero-order chi connectivity index (χ0) is 18.8. The van der Waals surface area contributed by atoms with Crippen LogP contribution in [-0.4, -0.2) is 30.2 Å². The first-order valence-corrected chi connectivity index (χ1v) is 9.57. The van der Waals surface area contributed by atoms with E-state index in [9.17, 15) is 4.79 Å². The molecule has 2 aromatic carbocycles. The SMILES string of the molecule is COc1ccc(C2=CC3CCC(C2)N3C(=O)OCc2ccccc2)cc1Cl. The summed E-state index contributed by atoms with van der Waals surface area (Å²) in [7, 11) is 1.61. The normalized spacial score (nSPS) is 21.0. The Morgan fingerprint density at radius 2 is 2.00 bits per heavy atom. The molecule has 4 nitrogen and oxygen atoms in total. The first kappa shape index (κ1) is 17.9. The summed E-state index contributed by atoms with van der Waals surface area (Å²) < 4.78 is 10.8. The number of fused-ring (bicyclic) bond motifs is 2. The minimum absolute atomic E-state index is 0.0860. The van der Waals surface area contributed by atoms with Crippen molar-refractivity contribution in [2.75, 3.05) is 7.11 Å². The van der Waals surface area contributed by atoms with Crippen LogP contribution in [0.4, 0.5) is 4.79 Å². The van der Waals surface area contributed by atoms with E-state index in [1.165, 1.54) is 5.57 Å². The molecule has 0 radical (unpaired) electrons. The first-order chi connectivity index (χ1) is 13.2. The van der Waals surface area contributed by atoms with Crippen LogP contribution in [0.3, 0.4) is 0 Å². The van der Waals surface area contributed by atoms with Crippen LogP contribution in [0.25, 0.3) is 5.57 Å². The molecular weight excluding hydrogens is 362 g/mol. The van der Waals surface area contributed by atoms with Gasteiger partial charge in [-0.15, -0.1) is 0 Å². The van der Waals surface area contributed by atoms with Gasteiger partial charge in [0.25, 0.3) is 0 Å². The molecule has 1 amide bonds. The van der Waals surface area contributed by atoms with E-state index in [1.807, 2.05) is 53.4 Å². The molecule has 2 atom stereocenters. The van der Waals surface area contributed by atoms with Crippen LogP contribution < -0.4 is 4.74 Å².